The van der Waals surface area contributed by atoms with Gasteiger partial charge in [0.15, 0.2) is 0 Å². The number of morpholine rings is 1. The Morgan fingerprint density at radius 1 is 1.38 bits per heavy atom. The number of carbonyl (C=O) groups is 1. The molecule has 2 heterocycles. The molecule has 10 heteroatoms. The van der Waals surface area contributed by atoms with Gasteiger partial charge in [0.1, 0.15) is 6.54 Å². The van der Waals surface area contributed by atoms with E-state index in [1.54, 1.807) is 12.1 Å². The Bertz CT molecular complexity index is 727. The van der Waals surface area contributed by atoms with Crippen LogP contribution in [0.25, 0.3) is 0 Å². The van der Waals surface area contributed by atoms with Crippen LogP contribution in [-0.4, -0.2) is 58.6 Å². The van der Waals surface area contributed by atoms with Gasteiger partial charge in [-0.1, -0.05) is 34.9 Å². The van der Waals surface area contributed by atoms with E-state index in [2.05, 4.69) is 25.9 Å². The number of anilines is 1. The Kier molecular flexibility index (Phi) is 5.34. The normalized spacial score (nSPS) is 15.0. The monoisotopic (exact) mass is 349 g/mol. The molecular formula is C14H16ClN7O2. The SMILES string of the molecule is O=C(Cn1nnc(N2CCOCC2)n1)N/N=C\c1ccccc1Cl. The number of ether oxygens (including phenoxy) is 1. The molecule has 1 amide bonds. The first-order valence-electron chi connectivity index (χ1n) is 7.39. The van der Waals surface area contributed by atoms with Crippen LogP contribution in [0.15, 0.2) is 29.4 Å². The molecule has 0 bridgehead atoms. The maximum absolute atomic E-state index is 11.9. The van der Waals surface area contributed by atoms with E-state index in [1.165, 1.54) is 11.0 Å². The quantitative estimate of drug-likeness (QED) is 0.616. The molecule has 3 rings (SSSR count). The number of carbonyl (C=O) groups excluding carboxylic acids is 1. The number of hydrogen-bond acceptors (Lipinski definition) is 7. The summed E-state index contributed by atoms with van der Waals surface area (Å²) in [4.78, 5) is 15.0. The smallest absolute Gasteiger partial charge is 0.266 e. The van der Waals surface area contributed by atoms with Gasteiger partial charge in [-0.05, 0) is 11.3 Å². The number of rotatable bonds is 5. The summed E-state index contributed by atoms with van der Waals surface area (Å²) >= 11 is 6.00. The van der Waals surface area contributed by atoms with Crippen molar-refractivity contribution in [2.75, 3.05) is 31.2 Å². The summed E-state index contributed by atoms with van der Waals surface area (Å²) < 4.78 is 5.27. The van der Waals surface area contributed by atoms with Crippen LogP contribution in [0.1, 0.15) is 5.56 Å². The van der Waals surface area contributed by atoms with Crippen molar-refractivity contribution >= 4 is 29.7 Å². The van der Waals surface area contributed by atoms with E-state index in [4.69, 9.17) is 16.3 Å². The highest BCUT2D eigenvalue weighted by Crippen LogP contribution is 2.12. The topological polar surface area (TPSA) is 97.5 Å². The van der Waals surface area contributed by atoms with Crippen LogP contribution >= 0.6 is 11.6 Å². The number of amides is 1. The fraction of sp³-hybridized carbons (Fsp3) is 0.357. The van der Waals surface area contributed by atoms with E-state index in [9.17, 15) is 4.79 Å². The van der Waals surface area contributed by atoms with Crippen LogP contribution in [0.5, 0.6) is 0 Å². The Balaban J connectivity index is 1.52. The van der Waals surface area contributed by atoms with Crippen LogP contribution in [0.3, 0.4) is 0 Å². The molecule has 1 saturated heterocycles. The first kappa shape index (κ1) is 16.3. The zero-order chi connectivity index (χ0) is 16.8. The third-order valence-corrected chi connectivity index (χ3v) is 3.66. The molecule has 0 unspecified atom stereocenters. The van der Waals surface area contributed by atoms with Gasteiger partial charge in [0, 0.05) is 23.7 Å². The van der Waals surface area contributed by atoms with Crippen LogP contribution in [0.2, 0.25) is 5.02 Å². The lowest BCUT2D eigenvalue weighted by molar-refractivity contribution is -0.122. The molecule has 9 nitrogen and oxygen atoms in total. The third kappa shape index (κ3) is 4.27. The lowest BCUT2D eigenvalue weighted by Crippen LogP contribution is -2.37. The highest BCUT2D eigenvalue weighted by molar-refractivity contribution is 6.33. The van der Waals surface area contributed by atoms with Gasteiger partial charge in [0.2, 0.25) is 0 Å². The van der Waals surface area contributed by atoms with Gasteiger partial charge >= 0.3 is 0 Å². The number of aromatic nitrogens is 4. The number of halogens is 1. The lowest BCUT2D eigenvalue weighted by atomic mass is 10.2. The summed E-state index contributed by atoms with van der Waals surface area (Å²) in [7, 11) is 0. The van der Waals surface area contributed by atoms with E-state index in [1.807, 2.05) is 17.0 Å². The molecule has 1 aliphatic rings. The van der Waals surface area contributed by atoms with Crippen molar-refractivity contribution in [2.45, 2.75) is 6.54 Å². The van der Waals surface area contributed by atoms with Gasteiger partial charge in [0.05, 0.1) is 19.4 Å². The van der Waals surface area contributed by atoms with Crippen molar-refractivity contribution in [3.8, 4) is 0 Å². The molecule has 1 aromatic carbocycles. The maximum atomic E-state index is 11.9. The molecule has 0 spiro atoms. The van der Waals surface area contributed by atoms with Gasteiger partial charge in [-0.15, -0.1) is 5.10 Å². The van der Waals surface area contributed by atoms with Crippen LogP contribution in [0.4, 0.5) is 5.95 Å². The van der Waals surface area contributed by atoms with E-state index in [-0.39, 0.29) is 12.5 Å². The standard InChI is InChI=1S/C14H16ClN7O2/c15-12-4-2-1-3-11(12)9-16-17-13(23)10-22-19-14(18-20-22)21-5-7-24-8-6-21/h1-4,9H,5-8,10H2,(H,17,23)/b16-9-. The highest BCUT2D eigenvalue weighted by atomic mass is 35.5. The molecular weight excluding hydrogens is 334 g/mol. The number of benzene rings is 1. The Morgan fingerprint density at radius 2 is 2.17 bits per heavy atom. The number of nitrogens with zero attached hydrogens (tertiary/aromatic N) is 6. The predicted molar refractivity (Wildman–Crippen MR) is 88.0 cm³/mol. The molecule has 2 aromatic rings. The first-order chi connectivity index (χ1) is 11.7. The van der Waals surface area contributed by atoms with Crippen molar-refractivity contribution in [1.82, 2.24) is 25.6 Å². The Hall–Kier alpha value is -2.52. The fourth-order valence-corrected chi connectivity index (χ4v) is 2.29. The molecule has 1 fully saturated rings. The van der Waals surface area contributed by atoms with Crippen LogP contribution < -0.4 is 10.3 Å². The zero-order valence-electron chi connectivity index (χ0n) is 12.8. The number of hydrogen-bond donors (Lipinski definition) is 1. The largest absolute Gasteiger partial charge is 0.378 e. The van der Waals surface area contributed by atoms with E-state index >= 15 is 0 Å². The minimum atomic E-state index is -0.357. The summed E-state index contributed by atoms with van der Waals surface area (Å²) in [5, 5.41) is 16.4. The minimum absolute atomic E-state index is 0.0722. The Labute approximate surface area is 143 Å². The van der Waals surface area contributed by atoms with Crippen molar-refractivity contribution in [1.29, 1.82) is 0 Å². The minimum Gasteiger partial charge on any atom is -0.378 e. The first-order valence-corrected chi connectivity index (χ1v) is 7.77. The third-order valence-electron chi connectivity index (χ3n) is 3.32. The molecule has 1 N–H and O–H groups in total. The molecule has 0 atom stereocenters. The van der Waals surface area contributed by atoms with E-state index in [0.717, 1.165) is 0 Å². The van der Waals surface area contributed by atoms with E-state index in [0.29, 0.717) is 42.8 Å². The molecule has 1 aliphatic heterocycles. The second kappa shape index (κ2) is 7.84. The van der Waals surface area contributed by atoms with Gasteiger partial charge in [-0.2, -0.15) is 9.90 Å². The second-order valence-corrected chi connectivity index (χ2v) is 5.44. The zero-order valence-corrected chi connectivity index (χ0v) is 13.6. The van der Waals surface area contributed by atoms with Gasteiger partial charge in [-0.25, -0.2) is 5.43 Å². The van der Waals surface area contributed by atoms with Gasteiger partial charge < -0.3 is 9.64 Å². The fourth-order valence-electron chi connectivity index (χ4n) is 2.11. The molecule has 1 aromatic heterocycles. The summed E-state index contributed by atoms with van der Waals surface area (Å²) in [6.45, 7) is 2.61. The van der Waals surface area contributed by atoms with Crippen molar-refractivity contribution in [3.05, 3.63) is 34.9 Å². The molecule has 126 valence electrons. The summed E-state index contributed by atoms with van der Waals surface area (Å²) in [5.41, 5.74) is 3.12. The average molecular weight is 350 g/mol. The highest BCUT2D eigenvalue weighted by Gasteiger charge is 2.16. The maximum Gasteiger partial charge on any atom is 0.266 e. The predicted octanol–water partition coefficient (Wildman–Crippen LogP) is 0.313. The summed E-state index contributed by atoms with van der Waals surface area (Å²) in [5.74, 6) is 0.134. The molecule has 0 saturated carbocycles. The summed E-state index contributed by atoms with van der Waals surface area (Å²) in [6, 6.07) is 7.20. The van der Waals surface area contributed by atoms with Crippen LogP contribution in [0, 0.1) is 0 Å². The summed E-state index contributed by atoms with van der Waals surface area (Å²) in [6.07, 6.45) is 1.48. The molecule has 0 radical (unpaired) electrons. The molecule has 24 heavy (non-hydrogen) atoms. The second-order valence-electron chi connectivity index (χ2n) is 5.03. The Morgan fingerprint density at radius 3 is 2.96 bits per heavy atom. The number of hydrazone groups is 1. The van der Waals surface area contributed by atoms with Crippen LogP contribution in [-0.2, 0) is 16.1 Å². The van der Waals surface area contributed by atoms with E-state index < -0.39 is 0 Å². The number of tetrazole rings is 1. The lowest BCUT2D eigenvalue weighted by Gasteiger charge is -2.24. The molecule has 0 aliphatic carbocycles. The van der Waals surface area contributed by atoms with Gasteiger partial charge in [-0.3, -0.25) is 4.79 Å². The average Bonchev–Trinajstić information content (AvgIpc) is 3.06. The van der Waals surface area contributed by atoms with Gasteiger partial charge in [0.25, 0.3) is 11.9 Å². The van der Waals surface area contributed by atoms with Crippen molar-refractivity contribution < 1.29 is 9.53 Å². The van der Waals surface area contributed by atoms with Crippen molar-refractivity contribution in [2.24, 2.45) is 5.10 Å². The van der Waals surface area contributed by atoms with Crippen molar-refractivity contribution in [3.63, 3.8) is 0 Å². The number of nitrogens with one attached hydrogen (secondary N) is 1.